The smallest absolute Gasteiger partial charge is 0.234 e. The summed E-state index contributed by atoms with van der Waals surface area (Å²) in [4.78, 5) is 12.1. The van der Waals surface area contributed by atoms with Crippen molar-refractivity contribution in [2.45, 2.75) is 31.6 Å². The standard InChI is InChI=1S/C15H21N3O/c19-15(17-18-8-4-1-5-9-18)10-12-11-16-14-7-3-2-6-13(12)14/h2-3,6-7,12,16H,1,4-5,8-11H2,(H,17,19). The highest BCUT2D eigenvalue weighted by atomic mass is 16.2. The van der Waals surface area contributed by atoms with Crippen molar-refractivity contribution < 1.29 is 4.79 Å². The third-order valence-electron chi connectivity index (χ3n) is 4.01. The van der Waals surface area contributed by atoms with Crippen molar-refractivity contribution >= 4 is 11.6 Å². The highest BCUT2D eigenvalue weighted by Crippen LogP contribution is 2.33. The zero-order valence-electron chi connectivity index (χ0n) is 11.2. The number of nitrogens with zero attached hydrogens (tertiary/aromatic N) is 1. The minimum absolute atomic E-state index is 0.144. The first kappa shape index (κ1) is 12.5. The van der Waals surface area contributed by atoms with Crippen LogP contribution in [0.4, 0.5) is 5.69 Å². The van der Waals surface area contributed by atoms with Gasteiger partial charge in [0.05, 0.1) is 0 Å². The number of anilines is 1. The number of para-hydroxylation sites is 1. The first-order valence-corrected chi connectivity index (χ1v) is 7.20. The molecule has 2 aliphatic rings. The minimum Gasteiger partial charge on any atom is -0.384 e. The predicted molar refractivity (Wildman–Crippen MR) is 75.9 cm³/mol. The molecule has 0 radical (unpaired) electrons. The van der Waals surface area contributed by atoms with E-state index in [-0.39, 0.29) is 5.91 Å². The maximum atomic E-state index is 12.1. The molecule has 4 nitrogen and oxygen atoms in total. The molecule has 0 spiro atoms. The molecule has 2 heterocycles. The van der Waals surface area contributed by atoms with Crippen molar-refractivity contribution in [2.24, 2.45) is 0 Å². The number of rotatable bonds is 3. The summed E-state index contributed by atoms with van der Waals surface area (Å²) >= 11 is 0. The average molecular weight is 259 g/mol. The van der Waals surface area contributed by atoms with Gasteiger partial charge in [0.1, 0.15) is 0 Å². The maximum absolute atomic E-state index is 12.1. The van der Waals surface area contributed by atoms with Crippen LogP contribution in [-0.4, -0.2) is 30.6 Å². The maximum Gasteiger partial charge on any atom is 0.234 e. The van der Waals surface area contributed by atoms with Gasteiger partial charge in [0.2, 0.25) is 5.91 Å². The number of carbonyl (C=O) groups excluding carboxylic acids is 1. The van der Waals surface area contributed by atoms with E-state index in [1.54, 1.807) is 0 Å². The number of piperidine rings is 1. The minimum atomic E-state index is 0.144. The average Bonchev–Trinajstić information content (AvgIpc) is 2.83. The predicted octanol–water partition coefficient (Wildman–Crippen LogP) is 2.10. The Balaban J connectivity index is 1.55. The summed E-state index contributed by atoms with van der Waals surface area (Å²) in [7, 11) is 0. The number of hydrogen-bond acceptors (Lipinski definition) is 3. The molecule has 1 unspecified atom stereocenters. The van der Waals surface area contributed by atoms with Crippen molar-refractivity contribution in [2.75, 3.05) is 25.0 Å². The van der Waals surface area contributed by atoms with Gasteiger partial charge < -0.3 is 5.32 Å². The highest BCUT2D eigenvalue weighted by Gasteiger charge is 2.24. The quantitative estimate of drug-likeness (QED) is 0.873. The lowest BCUT2D eigenvalue weighted by atomic mass is 9.98. The van der Waals surface area contributed by atoms with Crippen LogP contribution in [0.1, 0.15) is 37.2 Å². The van der Waals surface area contributed by atoms with Gasteiger partial charge in [-0.05, 0) is 24.5 Å². The van der Waals surface area contributed by atoms with E-state index in [9.17, 15) is 4.79 Å². The Morgan fingerprint density at radius 2 is 2.05 bits per heavy atom. The summed E-state index contributed by atoms with van der Waals surface area (Å²) in [5.74, 6) is 0.450. The molecule has 19 heavy (non-hydrogen) atoms. The Bertz CT molecular complexity index is 454. The number of carbonyl (C=O) groups is 1. The monoisotopic (exact) mass is 259 g/mol. The van der Waals surface area contributed by atoms with Gasteiger partial charge in [0, 0.05) is 37.7 Å². The summed E-state index contributed by atoms with van der Waals surface area (Å²) in [5.41, 5.74) is 5.50. The Morgan fingerprint density at radius 1 is 1.26 bits per heavy atom. The van der Waals surface area contributed by atoms with Crippen LogP contribution >= 0.6 is 0 Å². The number of hydrogen-bond donors (Lipinski definition) is 2. The summed E-state index contributed by atoms with van der Waals surface area (Å²) in [6.45, 7) is 2.85. The SMILES string of the molecule is O=C(CC1CNc2ccccc21)NN1CCCCC1. The molecule has 1 saturated heterocycles. The first-order chi connectivity index (χ1) is 9.33. The molecule has 0 aliphatic carbocycles. The molecule has 1 aromatic carbocycles. The molecule has 0 aromatic heterocycles. The number of amides is 1. The van der Waals surface area contributed by atoms with Crippen LogP contribution in [0.25, 0.3) is 0 Å². The first-order valence-electron chi connectivity index (χ1n) is 7.20. The van der Waals surface area contributed by atoms with Gasteiger partial charge in [0.25, 0.3) is 0 Å². The Morgan fingerprint density at radius 3 is 2.89 bits per heavy atom. The topological polar surface area (TPSA) is 44.4 Å². The molecular weight excluding hydrogens is 238 g/mol. The van der Waals surface area contributed by atoms with Gasteiger partial charge in [0.15, 0.2) is 0 Å². The summed E-state index contributed by atoms with van der Waals surface area (Å²) in [6, 6.07) is 8.27. The van der Waals surface area contributed by atoms with E-state index in [0.29, 0.717) is 12.3 Å². The van der Waals surface area contributed by atoms with Crippen molar-refractivity contribution in [1.29, 1.82) is 0 Å². The third kappa shape index (κ3) is 2.89. The fourth-order valence-corrected chi connectivity index (χ4v) is 2.99. The third-order valence-corrected chi connectivity index (χ3v) is 4.01. The molecule has 1 atom stereocenters. The second-order valence-corrected chi connectivity index (χ2v) is 5.45. The number of hydrazine groups is 1. The summed E-state index contributed by atoms with van der Waals surface area (Å²) in [6.07, 6.45) is 4.23. The Kier molecular flexibility index (Phi) is 3.69. The fourth-order valence-electron chi connectivity index (χ4n) is 2.99. The van der Waals surface area contributed by atoms with Gasteiger partial charge in [-0.25, -0.2) is 5.01 Å². The lowest BCUT2D eigenvalue weighted by molar-refractivity contribution is -0.126. The molecule has 3 rings (SSSR count). The van der Waals surface area contributed by atoms with Crippen LogP contribution in [-0.2, 0) is 4.79 Å². The molecule has 2 aliphatic heterocycles. The van der Waals surface area contributed by atoms with Crippen molar-refractivity contribution in [3.8, 4) is 0 Å². The van der Waals surface area contributed by atoms with Crippen LogP contribution in [0.5, 0.6) is 0 Å². The molecule has 1 fully saturated rings. The molecule has 0 bridgehead atoms. The van der Waals surface area contributed by atoms with Crippen molar-refractivity contribution in [3.63, 3.8) is 0 Å². The molecule has 4 heteroatoms. The van der Waals surface area contributed by atoms with E-state index in [1.165, 1.54) is 30.5 Å². The molecule has 1 amide bonds. The zero-order valence-corrected chi connectivity index (χ0v) is 11.2. The van der Waals surface area contributed by atoms with Crippen LogP contribution in [0, 0.1) is 0 Å². The highest BCUT2D eigenvalue weighted by molar-refractivity contribution is 5.77. The Hall–Kier alpha value is -1.55. The van der Waals surface area contributed by atoms with E-state index in [2.05, 4.69) is 27.9 Å². The van der Waals surface area contributed by atoms with Crippen LogP contribution in [0.15, 0.2) is 24.3 Å². The zero-order chi connectivity index (χ0) is 13.1. The molecular formula is C15H21N3O. The number of benzene rings is 1. The fraction of sp³-hybridized carbons (Fsp3) is 0.533. The lowest BCUT2D eigenvalue weighted by Gasteiger charge is -2.27. The van der Waals surface area contributed by atoms with Gasteiger partial charge in [-0.15, -0.1) is 0 Å². The van der Waals surface area contributed by atoms with Gasteiger partial charge in [-0.1, -0.05) is 24.6 Å². The van der Waals surface area contributed by atoms with Gasteiger partial charge in [-0.2, -0.15) is 0 Å². The van der Waals surface area contributed by atoms with Gasteiger partial charge in [-0.3, -0.25) is 10.2 Å². The lowest BCUT2D eigenvalue weighted by Crippen LogP contribution is -2.45. The van der Waals surface area contributed by atoms with E-state index in [1.807, 2.05) is 12.1 Å². The molecule has 1 aromatic rings. The van der Waals surface area contributed by atoms with E-state index < -0.39 is 0 Å². The van der Waals surface area contributed by atoms with Crippen LogP contribution in [0.3, 0.4) is 0 Å². The summed E-state index contributed by atoms with van der Waals surface area (Å²) < 4.78 is 0. The van der Waals surface area contributed by atoms with E-state index >= 15 is 0 Å². The van der Waals surface area contributed by atoms with Crippen LogP contribution in [0.2, 0.25) is 0 Å². The van der Waals surface area contributed by atoms with Crippen molar-refractivity contribution in [3.05, 3.63) is 29.8 Å². The largest absolute Gasteiger partial charge is 0.384 e. The normalized spacial score (nSPS) is 22.6. The number of fused-ring (bicyclic) bond motifs is 1. The van der Waals surface area contributed by atoms with E-state index in [0.717, 1.165) is 19.6 Å². The molecule has 102 valence electrons. The Labute approximate surface area is 114 Å². The van der Waals surface area contributed by atoms with Crippen LogP contribution < -0.4 is 10.7 Å². The van der Waals surface area contributed by atoms with E-state index in [4.69, 9.17) is 0 Å². The number of nitrogens with one attached hydrogen (secondary N) is 2. The van der Waals surface area contributed by atoms with Gasteiger partial charge >= 0.3 is 0 Å². The second-order valence-electron chi connectivity index (χ2n) is 5.45. The van der Waals surface area contributed by atoms with Crippen molar-refractivity contribution in [1.82, 2.24) is 10.4 Å². The summed E-state index contributed by atoms with van der Waals surface area (Å²) in [5, 5.41) is 5.44. The second kappa shape index (κ2) is 5.61. The molecule has 0 saturated carbocycles. The molecule has 2 N–H and O–H groups in total.